The van der Waals surface area contributed by atoms with Crippen LogP contribution >= 0.6 is 0 Å². The van der Waals surface area contributed by atoms with E-state index in [-0.39, 0.29) is 6.61 Å². The normalized spacial score (nSPS) is 10.6. The molecule has 3 aromatic rings. The van der Waals surface area contributed by atoms with Crippen LogP contribution in [0, 0.1) is 0 Å². The van der Waals surface area contributed by atoms with Gasteiger partial charge in [-0.1, -0.05) is 48.5 Å². The van der Waals surface area contributed by atoms with Gasteiger partial charge in [-0.2, -0.15) is 0 Å². The highest BCUT2D eigenvalue weighted by Crippen LogP contribution is 2.24. The van der Waals surface area contributed by atoms with E-state index in [4.69, 9.17) is 9.47 Å². The summed E-state index contributed by atoms with van der Waals surface area (Å²) < 4.78 is 10.0. The molecule has 1 heterocycles. The zero-order valence-electron chi connectivity index (χ0n) is 15.2. The van der Waals surface area contributed by atoms with Crippen molar-refractivity contribution < 1.29 is 19.1 Å². The minimum atomic E-state index is -0.453. The molecule has 6 nitrogen and oxygen atoms in total. The second kappa shape index (κ2) is 8.89. The van der Waals surface area contributed by atoms with Gasteiger partial charge in [-0.15, -0.1) is 0 Å². The van der Waals surface area contributed by atoms with E-state index in [0.717, 1.165) is 22.0 Å². The van der Waals surface area contributed by atoms with Crippen LogP contribution in [0.1, 0.15) is 28.0 Å². The Morgan fingerprint density at radius 3 is 2.56 bits per heavy atom. The minimum Gasteiger partial charge on any atom is -0.464 e. The lowest BCUT2D eigenvalue weighted by Crippen LogP contribution is -2.25. The molecule has 0 atom stereocenters. The summed E-state index contributed by atoms with van der Waals surface area (Å²) in [7, 11) is 1.36. The topological polar surface area (TPSA) is 80.4 Å². The lowest BCUT2D eigenvalue weighted by molar-refractivity contribution is 0.0593. The average molecular weight is 366 g/mol. The first-order valence-electron chi connectivity index (χ1n) is 8.81. The monoisotopic (exact) mass is 366 g/mol. The van der Waals surface area contributed by atoms with Crippen LogP contribution in [-0.4, -0.2) is 30.7 Å². The molecule has 2 N–H and O–H groups in total. The van der Waals surface area contributed by atoms with E-state index < -0.39 is 12.1 Å². The fourth-order valence-corrected chi connectivity index (χ4v) is 2.97. The van der Waals surface area contributed by atoms with Crippen molar-refractivity contribution in [2.45, 2.75) is 19.4 Å². The molecule has 6 heteroatoms. The van der Waals surface area contributed by atoms with Gasteiger partial charge < -0.3 is 19.8 Å². The molecule has 2 aromatic carbocycles. The molecule has 0 fully saturated rings. The highest BCUT2D eigenvalue weighted by molar-refractivity contribution is 5.98. The maximum atomic E-state index is 12.0. The largest absolute Gasteiger partial charge is 0.464 e. The first-order chi connectivity index (χ1) is 13.2. The van der Waals surface area contributed by atoms with Gasteiger partial charge in [-0.3, -0.25) is 0 Å². The number of ether oxygens (including phenoxy) is 2. The van der Waals surface area contributed by atoms with Crippen LogP contribution in [0.4, 0.5) is 4.79 Å². The fourth-order valence-electron chi connectivity index (χ4n) is 2.97. The number of amides is 1. The molecule has 0 saturated carbocycles. The summed E-state index contributed by atoms with van der Waals surface area (Å²) in [5.74, 6) is -0.392. The van der Waals surface area contributed by atoms with Crippen LogP contribution in [0.5, 0.6) is 0 Å². The van der Waals surface area contributed by atoms with Gasteiger partial charge in [0.05, 0.1) is 7.11 Å². The number of hydrogen-bond acceptors (Lipinski definition) is 4. The molecule has 3 rings (SSSR count). The Hall–Kier alpha value is -3.28. The standard InChI is InChI=1S/C21H22N2O4/c1-26-20(24)19-17(16-10-5-6-12-18(16)23-19)11-7-13-22-21(25)27-14-15-8-3-2-4-9-15/h2-6,8-10,12,23H,7,11,13-14H2,1H3,(H,22,25). The van der Waals surface area contributed by atoms with E-state index >= 15 is 0 Å². The molecule has 0 aliphatic rings. The van der Waals surface area contributed by atoms with Crippen LogP contribution < -0.4 is 5.32 Å². The summed E-state index contributed by atoms with van der Waals surface area (Å²) in [5, 5.41) is 3.73. The van der Waals surface area contributed by atoms with Crippen molar-refractivity contribution in [3.05, 3.63) is 71.4 Å². The summed E-state index contributed by atoms with van der Waals surface area (Å²) in [4.78, 5) is 26.9. The molecule has 0 bridgehead atoms. The Bertz CT molecular complexity index is 918. The van der Waals surface area contributed by atoms with Gasteiger partial charge >= 0.3 is 12.1 Å². The maximum Gasteiger partial charge on any atom is 0.407 e. The van der Waals surface area contributed by atoms with Crippen LogP contribution in [0.15, 0.2) is 54.6 Å². The second-order valence-corrected chi connectivity index (χ2v) is 6.11. The number of carbonyl (C=O) groups is 2. The number of fused-ring (bicyclic) bond motifs is 1. The molecule has 0 aliphatic carbocycles. The molecule has 0 spiro atoms. The first-order valence-corrected chi connectivity index (χ1v) is 8.81. The van der Waals surface area contributed by atoms with Gasteiger partial charge in [0.2, 0.25) is 0 Å². The van der Waals surface area contributed by atoms with Crippen LogP contribution in [0.25, 0.3) is 10.9 Å². The zero-order chi connectivity index (χ0) is 19.1. The third-order valence-corrected chi connectivity index (χ3v) is 4.29. The van der Waals surface area contributed by atoms with Crippen molar-refractivity contribution in [3.8, 4) is 0 Å². The minimum absolute atomic E-state index is 0.238. The Balaban J connectivity index is 1.53. The summed E-state index contributed by atoms with van der Waals surface area (Å²) in [6.07, 6.45) is 0.852. The summed E-state index contributed by atoms with van der Waals surface area (Å²) in [6, 6.07) is 17.2. The Morgan fingerprint density at radius 2 is 1.78 bits per heavy atom. The highest BCUT2D eigenvalue weighted by atomic mass is 16.5. The third kappa shape index (κ3) is 4.67. The van der Waals surface area contributed by atoms with Crippen molar-refractivity contribution >= 4 is 23.0 Å². The Kier molecular flexibility index (Phi) is 6.10. The molecule has 0 unspecified atom stereocenters. The highest BCUT2D eigenvalue weighted by Gasteiger charge is 2.17. The summed E-state index contributed by atoms with van der Waals surface area (Å²) in [5.41, 5.74) is 3.19. The van der Waals surface area contributed by atoms with Crippen molar-refractivity contribution in [1.82, 2.24) is 10.3 Å². The predicted octanol–water partition coefficient (Wildman–Crippen LogP) is 3.81. The number of carbonyl (C=O) groups excluding carboxylic acids is 2. The molecule has 0 saturated heterocycles. The molecule has 1 amide bonds. The Morgan fingerprint density at radius 1 is 1.04 bits per heavy atom. The van der Waals surface area contributed by atoms with Crippen LogP contribution in [-0.2, 0) is 22.5 Å². The lowest BCUT2D eigenvalue weighted by atomic mass is 10.1. The van der Waals surface area contributed by atoms with E-state index in [2.05, 4.69) is 10.3 Å². The first kappa shape index (κ1) is 18.5. The molecule has 27 heavy (non-hydrogen) atoms. The Labute approximate surface area is 157 Å². The quantitative estimate of drug-likeness (QED) is 0.492. The number of hydrogen-bond donors (Lipinski definition) is 2. The molecule has 0 radical (unpaired) electrons. The summed E-state index contributed by atoms with van der Waals surface area (Å²) in [6.45, 7) is 0.690. The number of aryl methyl sites for hydroxylation is 1. The van der Waals surface area contributed by atoms with E-state index in [1.54, 1.807) is 0 Å². The van der Waals surface area contributed by atoms with Crippen molar-refractivity contribution in [1.29, 1.82) is 0 Å². The van der Waals surface area contributed by atoms with Gasteiger partial charge in [0.25, 0.3) is 0 Å². The van der Waals surface area contributed by atoms with E-state index in [1.807, 2.05) is 54.6 Å². The molecular formula is C21H22N2O4. The van der Waals surface area contributed by atoms with Crippen molar-refractivity contribution in [2.75, 3.05) is 13.7 Å². The van der Waals surface area contributed by atoms with Crippen LogP contribution in [0.3, 0.4) is 0 Å². The number of nitrogens with one attached hydrogen (secondary N) is 2. The lowest BCUT2D eigenvalue weighted by Gasteiger charge is -2.07. The van der Waals surface area contributed by atoms with Gasteiger partial charge in [0.1, 0.15) is 12.3 Å². The number of para-hydroxylation sites is 1. The zero-order valence-corrected chi connectivity index (χ0v) is 15.2. The summed E-state index contributed by atoms with van der Waals surface area (Å²) >= 11 is 0. The van der Waals surface area contributed by atoms with Crippen molar-refractivity contribution in [3.63, 3.8) is 0 Å². The van der Waals surface area contributed by atoms with Gasteiger partial charge in [-0.25, -0.2) is 9.59 Å². The van der Waals surface area contributed by atoms with Gasteiger partial charge in [0.15, 0.2) is 0 Å². The number of alkyl carbamates (subject to hydrolysis) is 1. The van der Waals surface area contributed by atoms with E-state index in [0.29, 0.717) is 25.1 Å². The molecule has 1 aromatic heterocycles. The average Bonchev–Trinajstić information content (AvgIpc) is 3.08. The number of esters is 1. The number of aromatic amines is 1. The van der Waals surface area contributed by atoms with E-state index in [1.165, 1.54) is 7.11 Å². The van der Waals surface area contributed by atoms with E-state index in [9.17, 15) is 9.59 Å². The van der Waals surface area contributed by atoms with Gasteiger partial charge in [-0.05, 0) is 30.0 Å². The van der Waals surface area contributed by atoms with Gasteiger partial charge in [0, 0.05) is 17.4 Å². The second-order valence-electron chi connectivity index (χ2n) is 6.11. The smallest absolute Gasteiger partial charge is 0.407 e. The fraction of sp³-hybridized carbons (Fsp3) is 0.238. The predicted molar refractivity (Wildman–Crippen MR) is 103 cm³/mol. The molecule has 140 valence electrons. The number of methoxy groups -OCH3 is 1. The number of aromatic nitrogens is 1. The number of H-pyrrole nitrogens is 1. The molecule has 0 aliphatic heterocycles. The number of benzene rings is 2. The molecular weight excluding hydrogens is 344 g/mol. The SMILES string of the molecule is COC(=O)c1[nH]c2ccccc2c1CCCNC(=O)OCc1ccccc1. The van der Waals surface area contributed by atoms with Crippen molar-refractivity contribution in [2.24, 2.45) is 0 Å². The maximum absolute atomic E-state index is 12.0. The number of rotatable bonds is 7. The van der Waals surface area contributed by atoms with Crippen LogP contribution in [0.2, 0.25) is 0 Å². The third-order valence-electron chi connectivity index (χ3n) is 4.29.